The minimum Gasteiger partial charge on any atom is -0.502 e. The summed E-state index contributed by atoms with van der Waals surface area (Å²) in [6, 6.07) is 2.13. The molecule has 3 heterocycles. The molecule has 0 radical (unpaired) electrons. The second-order valence-electron chi connectivity index (χ2n) is 7.58. The van der Waals surface area contributed by atoms with Crippen molar-refractivity contribution >= 4 is 52.7 Å². The molecule has 18 heteroatoms. The highest BCUT2D eigenvalue weighted by Gasteiger charge is 2.54. The van der Waals surface area contributed by atoms with Crippen molar-refractivity contribution in [3.05, 3.63) is 45.1 Å². The fourth-order valence-corrected chi connectivity index (χ4v) is 5.97. The Labute approximate surface area is 215 Å². The Kier molecular flexibility index (Phi) is 7.30. The quantitative estimate of drug-likeness (QED) is 0.120. The zero-order valence-electron chi connectivity index (χ0n) is 19.1. The van der Waals surface area contributed by atoms with Crippen molar-refractivity contribution in [2.75, 3.05) is 18.6 Å². The average Bonchev–Trinajstić information content (AvgIpc) is 3.28. The van der Waals surface area contributed by atoms with Crippen molar-refractivity contribution in [2.24, 2.45) is 12.2 Å². The number of carbonyl (C=O) groups excluding carboxylic acids is 2. The number of phenols is 1. The fraction of sp³-hybridized carbons (Fsp3) is 0.316. The maximum atomic E-state index is 13.0. The largest absolute Gasteiger partial charge is 0.502 e. The van der Waals surface area contributed by atoms with Crippen molar-refractivity contribution in [1.29, 1.82) is 0 Å². The first-order valence-electron chi connectivity index (χ1n) is 10.3. The number of amides is 2. The van der Waals surface area contributed by atoms with Crippen molar-refractivity contribution in [1.82, 2.24) is 30.4 Å². The molecule has 0 aliphatic carbocycles. The lowest BCUT2D eigenvalue weighted by Crippen LogP contribution is -2.71. The molecule has 2 aromatic rings. The molecule has 0 spiro atoms. The fourth-order valence-electron chi connectivity index (χ4n) is 3.63. The van der Waals surface area contributed by atoms with Gasteiger partial charge in [-0.3, -0.25) is 24.6 Å². The van der Waals surface area contributed by atoms with Crippen LogP contribution in [0, 0.1) is 10.1 Å². The Balaban J connectivity index is 1.52. The summed E-state index contributed by atoms with van der Waals surface area (Å²) in [5.74, 6) is -2.89. The lowest BCUT2D eigenvalue weighted by molar-refractivity contribution is -0.385. The molecule has 1 aromatic carbocycles. The third-order valence-electron chi connectivity index (χ3n) is 5.34. The first kappa shape index (κ1) is 25.9. The van der Waals surface area contributed by atoms with Crippen LogP contribution in [0.15, 0.2) is 39.8 Å². The van der Waals surface area contributed by atoms with E-state index in [0.29, 0.717) is 10.7 Å². The van der Waals surface area contributed by atoms with Crippen LogP contribution in [0.2, 0.25) is 0 Å². The number of oxime groups is 1. The van der Waals surface area contributed by atoms with E-state index >= 15 is 0 Å². The van der Waals surface area contributed by atoms with Gasteiger partial charge in [0.25, 0.3) is 11.8 Å². The number of hydrogen-bond acceptors (Lipinski definition) is 13. The molecule has 1 saturated heterocycles. The number of carbonyl (C=O) groups is 3. The lowest BCUT2D eigenvalue weighted by Gasteiger charge is -2.49. The first-order chi connectivity index (χ1) is 17.6. The number of carboxylic acid groups (broad SMARTS) is 1. The summed E-state index contributed by atoms with van der Waals surface area (Å²) in [7, 11) is 2.81. The monoisotopic (exact) mass is 550 g/mol. The molecule has 0 saturated carbocycles. The van der Waals surface area contributed by atoms with E-state index in [9.17, 15) is 34.7 Å². The van der Waals surface area contributed by atoms with Crippen LogP contribution in [0.25, 0.3) is 0 Å². The van der Waals surface area contributed by atoms with Gasteiger partial charge in [0.1, 0.15) is 24.2 Å². The van der Waals surface area contributed by atoms with Crippen molar-refractivity contribution in [3.63, 3.8) is 0 Å². The zero-order valence-corrected chi connectivity index (χ0v) is 20.7. The van der Waals surface area contributed by atoms with Gasteiger partial charge in [-0.25, -0.2) is 9.48 Å². The lowest BCUT2D eigenvalue weighted by atomic mass is 10.0. The predicted octanol–water partition coefficient (Wildman–Crippen LogP) is -0.295. The van der Waals surface area contributed by atoms with Crippen LogP contribution in [-0.4, -0.2) is 93.8 Å². The number of nitrogens with one attached hydrogen (secondary N) is 1. The Morgan fingerprint density at radius 2 is 2.19 bits per heavy atom. The Morgan fingerprint density at radius 1 is 1.43 bits per heavy atom. The van der Waals surface area contributed by atoms with Crippen LogP contribution in [0.3, 0.4) is 0 Å². The molecule has 16 nitrogen and oxygen atoms in total. The molecule has 2 aliphatic rings. The third-order valence-corrected chi connectivity index (χ3v) is 7.77. The molecule has 2 amide bonds. The number of thioether (sulfide) groups is 2. The van der Waals surface area contributed by atoms with Crippen molar-refractivity contribution in [2.45, 2.75) is 16.6 Å². The van der Waals surface area contributed by atoms with Crippen LogP contribution in [0.4, 0.5) is 5.69 Å². The Morgan fingerprint density at radius 3 is 2.81 bits per heavy atom. The normalized spacial score (nSPS) is 19.2. The van der Waals surface area contributed by atoms with Crippen molar-refractivity contribution < 1.29 is 34.4 Å². The van der Waals surface area contributed by atoms with Gasteiger partial charge in [0.15, 0.2) is 11.5 Å². The summed E-state index contributed by atoms with van der Waals surface area (Å²) < 4.78 is 1.44. The number of tetrazole rings is 1. The zero-order chi connectivity index (χ0) is 26.9. The highest BCUT2D eigenvalue weighted by Crippen LogP contribution is 2.41. The Hall–Kier alpha value is -4.19. The molecule has 3 N–H and O–H groups in total. The minimum atomic E-state index is -1.28. The van der Waals surface area contributed by atoms with Gasteiger partial charge in [0.2, 0.25) is 5.16 Å². The highest BCUT2D eigenvalue weighted by molar-refractivity contribution is 8.01. The summed E-state index contributed by atoms with van der Waals surface area (Å²) in [6.45, 7) is 0. The molecule has 2 atom stereocenters. The van der Waals surface area contributed by atoms with E-state index in [-0.39, 0.29) is 28.5 Å². The smallest absolute Gasteiger partial charge is 0.352 e. The number of carboxylic acids is 1. The topological polar surface area (TPSA) is 215 Å². The van der Waals surface area contributed by atoms with Gasteiger partial charge in [0.05, 0.1) is 4.92 Å². The van der Waals surface area contributed by atoms with Gasteiger partial charge in [-0.05, 0) is 28.1 Å². The van der Waals surface area contributed by atoms with E-state index in [2.05, 4.69) is 26.0 Å². The molecule has 1 unspecified atom stereocenters. The maximum Gasteiger partial charge on any atom is 0.352 e. The van der Waals surface area contributed by atoms with E-state index in [0.717, 1.165) is 24.1 Å². The number of fused-ring (bicyclic) bond motifs is 1. The van der Waals surface area contributed by atoms with E-state index in [4.69, 9.17) is 4.84 Å². The van der Waals surface area contributed by atoms with E-state index < -0.39 is 45.6 Å². The van der Waals surface area contributed by atoms with Gasteiger partial charge in [-0.2, -0.15) is 0 Å². The van der Waals surface area contributed by atoms with Gasteiger partial charge in [-0.1, -0.05) is 16.9 Å². The number of nitro groups is 1. The van der Waals surface area contributed by atoms with Crippen LogP contribution in [0.5, 0.6) is 5.75 Å². The number of phenolic OH excluding ortho intramolecular Hbond substituents is 1. The third kappa shape index (κ3) is 4.92. The maximum absolute atomic E-state index is 13.0. The van der Waals surface area contributed by atoms with Crippen molar-refractivity contribution in [3.8, 4) is 5.75 Å². The van der Waals surface area contributed by atoms with Crippen LogP contribution in [0.1, 0.15) is 5.56 Å². The van der Waals surface area contributed by atoms with Crippen LogP contribution in [-0.2, 0) is 26.3 Å². The number of aryl methyl sites for hydroxylation is 1. The minimum absolute atomic E-state index is 0.0347. The number of aromatic nitrogens is 4. The van der Waals surface area contributed by atoms with Gasteiger partial charge in [0, 0.05) is 30.2 Å². The summed E-state index contributed by atoms with van der Waals surface area (Å²) in [5, 5.41) is 47.6. The second-order valence-corrected chi connectivity index (χ2v) is 9.62. The predicted molar refractivity (Wildman–Crippen MR) is 128 cm³/mol. The molecular weight excluding hydrogens is 532 g/mol. The number of aromatic hydroxyl groups is 1. The average molecular weight is 551 g/mol. The van der Waals surface area contributed by atoms with Gasteiger partial charge >= 0.3 is 11.7 Å². The molecule has 4 rings (SSSR count). The van der Waals surface area contributed by atoms with Crippen LogP contribution < -0.4 is 5.32 Å². The summed E-state index contributed by atoms with van der Waals surface area (Å²) >= 11 is 2.49. The molecular formula is C19H18N8O8S2. The van der Waals surface area contributed by atoms with E-state index in [1.165, 1.54) is 34.3 Å². The second kappa shape index (κ2) is 10.4. The molecule has 1 fully saturated rings. The number of hydrogen-bond donors (Lipinski definition) is 3. The van der Waals surface area contributed by atoms with E-state index in [1.807, 2.05) is 0 Å². The molecule has 0 bridgehead atoms. The number of rotatable bonds is 9. The number of nitro benzene ring substituents is 1. The van der Waals surface area contributed by atoms with Gasteiger partial charge < -0.3 is 20.4 Å². The number of benzene rings is 1. The highest BCUT2D eigenvalue weighted by atomic mass is 32.2. The Bertz CT molecular complexity index is 1360. The number of β-lactam (4-membered cyclic amide) rings is 1. The first-order valence-corrected chi connectivity index (χ1v) is 12.3. The molecule has 37 heavy (non-hydrogen) atoms. The molecule has 2 aliphatic heterocycles. The summed E-state index contributed by atoms with van der Waals surface area (Å²) in [6.07, 6.45) is 0. The molecule has 194 valence electrons. The van der Waals surface area contributed by atoms with Gasteiger partial charge in [-0.15, -0.1) is 16.9 Å². The van der Waals surface area contributed by atoms with Crippen LogP contribution >= 0.6 is 23.5 Å². The standard InChI is InChI=1S/C19H18N8O8S2/c1-25-19(21-23-24-25)37-7-9-6-36-17-13(16(30)26(17)14(9)18(31)32)20-15(29)12(22-35-2)8-3-4-11(28)10(5-8)27(33)34/h3-5,13,17,28H,6-7H2,1-2H3,(H,20,29)(H,31,32)/t13?,17-/m1/s1. The van der Waals surface area contributed by atoms with E-state index in [1.54, 1.807) is 7.05 Å². The SMILES string of the molecule is CON=C(C(=O)NC1C(=O)N2C(C(=O)O)=C(CSc3nnnn3C)CS[C@H]12)c1ccc(O)c([N+](=O)[O-])c1. The summed E-state index contributed by atoms with van der Waals surface area (Å²) in [5.41, 5.74) is -0.727. The number of nitrogens with zero attached hydrogens (tertiary/aromatic N) is 7. The summed E-state index contributed by atoms with van der Waals surface area (Å²) in [4.78, 5) is 54.1. The number of aliphatic carboxylic acids is 1. The molecule has 1 aromatic heterocycles.